The zero-order chi connectivity index (χ0) is 14.2. The maximum Gasteiger partial charge on any atom is 0.106 e. The van der Waals surface area contributed by atoms with Crippen LogP contribution in [0.25, 0.3) is 0 Å². The molecule has 0 unspecified atom stereocenters. The summed E-state index contributed by atoms with van der Waals surface area (Å²) in [6.45, 7) is 9.39. The summed E-state index contributed by atoms with van der Waals surface area (Å²) in [5, 5.41) is 6.65. The molecule has 0 atom stereocenters. The zero-order valence-corrected chi connectivity index (χ0v) is 13.1. The van der Waals surface area contributed by atoms with Gasteiger partial charge in [0.2, 0.25) is 0 Å². The van der Waals surface area contributed by atoms with Crippen molar-refractivity contribution in [1.29, 1.82) is 0 Å². The van der Waals surface area contributed by atoms with E-state index >= 15 is 0 Å². The fraction of sp³-hybridized carbons (Fsp3) is 0.438. The number of hydrogen-bond acceptors (Lipinski definition) is 4. The van der Waals surface area contributed by atoms with E-state index in [2.05, 4.69) is 53.3 Å². The van der Waals surface area contributed by atoms with Crippen LogP contribution in [-0.2, 0) is 19.6 Å². The summed E-state index contributed by atoms with van der Waals surface area (Å²) in [5.74, 6) is 0. The Hall–Kier alpha value is -1.23. The molecule has 20 heavy (non-hydrogen) atoms. The first-order chi connectivity index (χ1) is 9.83. The Bertz CT molecular complexity index is 492. The van der Waals surface area contributed by atoms with Crippen molar-refractivity contribution in [3.63, 3.8) is 0 Å². The van der Waals surface area contributed by atoms with Crippen LogP contribution in [0.1, 0.15) is 30.0 Å². The molecule has 3 nitrogen and oxygen atoms in total. The fourth-order valence-corrected chi connectivity index (χ4v) is 2.80. The Kier molecular flexibility index (Phi) is 6.18. The van der Waals surface area contributed by atoms with Crippen molar-refractivity contribution in [2.75, 3.05) is 13.1 Å². The first-order valence-electron chi connectivity index (χ1n) is 7.21. The summed E-state index contributed by atoms with van der Waals surface area (Å²) in [6.07, 6.45) is 1.86. The van der Waals surface area contributed by atoms with Gasteiger partial charge >= 0.3 is 0 Å². The van der Waals surface area contributed by atoms with Crippen LogP contribution in [0.4, 0.5) is 0 Å². The summed E-state index contributed by atoms with van der Waals surface area (Å²) in [5.41, 5.74) is 2.80. The Balaban J connectivity index is 1.93. The molecule has 0 saturated heterocycles. The van der Waals surface area contributed by atoms with E-state index in [9.17, 15) is 0 Å². The van der Waals surface area contributed by atoms with Gasteiger partial charge in [-0.1, -0.05) is 38.1 Å². The third kappa shape index (κ3) is 4.40. The van der Waals surface area contributed by atoms with E-state index < -0.39 is 0 Å². The van der Waals surface area contributed by atoms with Crippen molar-refractivity contribution in [3.8, 4) is 0 Å². The number of hydrogen-bond donors (Lipinski definition) is 1. The molecule has 108 valence electrons. The van der Waals surface area contributed by atoms with Crippen LogP contribution in [0, 0.1) is 0 Å². The standard InChI is InChI=1S/C16H23N3S/c1-3-19(4-2)13-15-8-6-5-7-14(15)11-17-12-16-18-9-10-20-16/h5-10,17H,3-4,11-13H2,1-2H3. The van der Waals surface area contributed by atoms with E-state index in [-0.39, 0.29) is 0 Å². The number of aromatic nitrogens is 1. The highest BCUT2D eigenvalue weighted by atomic mass is 32.1. The Morgan fingerprint density at radius 2 is 1.85 bits per heavy atom. The second-order valence-electron chi connectivity index (χ2n) is 4.76. The van der Waals surface area contributed by atoms with Gasteiger partial charge in [-0.05, 0) is 24.2 Å². The molecule has 1 aromatic carbocycles. The van der Waals surface area contributed by atoms with E-state index in [4.69, 9.17) is 0 Å². The van der Waals surface area contributed by atoms with Gasteiger partial charge in [-0.3, -0.25) is 4.90 Å². The largest absolute Gasteiger partial charge is 0.306 e. The Labute approximate surface area is 125 Å². The average molecular weight is 289 g/mol. The Morgan fingerprint density at radius 3 is 2.50 bits per heavy atom. The van der Waals surface area contributed by atoms with Gasteiger partial charge in [0.1, 0.15) is 5.01 Å². The lowest BCUT2D eigenvalue weighted by Gasteiger charge is -2.20. The lowest BCUT2D eigenvalue weighted by molar-refractivity contribution is 0.294. The first kappa shape index (κ1) is 15.2. The smallest absolute Gasteiger partial charge is 0.106 e. The Morgan fingerprint density at radius 1 is 1.10 bits per heavy atom. The maximum atomic E-state index is 4.29. The minimum atomic E-state index is 0.845. The number of thiazole rings is 1. The van der Waals surface area contributed by atoms with Crippen LogP contribution in [0.5, 0.6) is 0 Å². The second-order valence-corrected chi connectivity index (χ2v) is 5.74. The predicted molar refractivity (Wildman–Crippen MR) is 85.7 cm³/mol. The van der Waals surface area contributed by atoms with Gasteiger partial charge in [-0.15, -0.1) is 11.3 Å². The minimum Gasteiger partial charge on any atom is -0.306 e. The van der Waals surface area contributed by atoms with Gasteiger partial charge in [0.05, 0.1) is 0 Å². The summed E-state index contributed by atoms with van der Waals surface area (Å²) in [4.78, 5) is 6.74. The van der Waals surface area contributed by atoms with Gasteiger partial charge < -0.3 is 5.32 Å². The summed E-state index contributed by atoms with van der Waals surface area (Å²) in [7, 11) is 0. The normalized spacial score (nSPS) is 11.2. The predicted octanol–water partition coefficient (Wildman–Crippen LogP) is 3.27. The van der Waals surface area contributed by atoms with Crippen molar-refractivity contribution in [2.24, 2.45) is 0 Å². The number of benzene rings is 1. The molecule has 0 aliphatic heterocycles. The highest BCUT2D eigenvalue weighted by Gasteiger charge is 2.06. The van der Waals surface area contributed by atoms with Gasteiger partial charge in [-0.25, -0.2) is 4.98 Å². The van der Waals surface area contributed by atoms with Gasteiger partial charge in [0.25, 0.3) is 0 Å². The van der Waals surface area contributed by atoms with Crippen molar-refractivity contribution in [2.45, 2.75) is 33.5 Å². The molecule has 1 aromatic heterocycles. The van der Waals surface area contributed by atoms with E-state index in [1.165, 1.54) is 11.1 Å². The van der Waals surface area contributed by atoms with Gasteiger partial charge in [0, 0.05) is 31.2 Å². The van der Waals surface area contributed by atoms with Crippen molar-refractivity contribution in [3.05, 3.63) is 52.0 Å². The summed E-state index contributed by atoms with van der Waals surface area (Å²) in [6, 6.07) is 8.70. The average Bonchev–Trinajstić information content (AvgIpc) is 2.99. The maximum absolute atomic E-state index is 4.29. The molecule has 1 heterocycles. The van der Waals surface area contributed by atoms with Crippen molar-refractivity contribution in [1.82, 2.24) is 15.2 Å². The molecule has 0 spiro atoms. The molecule has 2 rings (SSSR count). The molecule has 4 heteroatoms. The van der Waals surface area contributed by atoms with Crippen molar-refractivity contribution >= 4 is 11.3 Å². The molecule has 0 saturated carbocycles. The molecule has 0 aliphatic rings. The molecule has 0 amide bonds. The highest BCUT2D eigenvalue weighted by molar-refractivity contribution is 7.09. The minimum absolute atomic E-state index is 0.845. The molecule has 0 bridgehead atoms. The van der Waals surface area contributed by atoms with Gasteiger partial charge in [-0.2, -0.15) is 0 Å². The summed E-state index contributed by atoms with van der Waals surface area (Å²) >= 11 is 1.70. The quantitative estimate of drug-likeness (QED) is 0.808. The van der Waals surface area contributed by atoms with Crippen LogP contribution in [0.15, 0.2) is 35.8 Å². The van der Waals surface area contributed by atoms with Gasteiger partial charge in [0.15, 0.2) is 0 Å². The number of nitrogens with one attached hydrogen (secondary N) is 1. The molecular weight excluding hydrogens is 266 g/mol. The van der Waals surface area contributed by atoms with E-state index in [1.807, 2.05) is 11.6 Å². The molecule has 0 radical (unpaired) electrons. The number of rotatable bonds is 8. The summed E-state index contributed by atoms with van der Waals surface area (Å²) < 4.78 is 0. The zero-order valence-electron chi connectivity index (χ0n) is 12.3. The molecule has 1 N–H and O–H groups in total. The second kappa shape index (κ2) is 8.15. The van der Waals surface area contributed by atoms with Crippen LogP contribution in [0.3, 0.4) is 0 Å². The van der Waals surface area contributed by atoms with Crippen LogP contribution in [0.2, 0.25) is 0 Å². The lowest BCUT2D eigenvalue weighted by atomic mass is 10.1. The lowest BCUT2D eigenvalue weighted by Crippen LogP contribution is -2.23. The SMILES string of the molecule is CCN(CC)Cc1ccccc1CNCc1nccs1. The molecule has 2 aromatic rings. The number of nitrogens with zero attached hydrogens (tertiary/aromatic N) is 2. The molecular formula is C16H23N3S. The van der Waals surface area contributed by atoms with Crippen molar-refractivity contribution < 1.29 is 0 Å². The van der Waals surface area contributed by atoms with E-state index in [0.29, 0.717) is 0 Å². The third-order valence-corrected chi connectivity index (χ3v) is 4.26. The highest BCUT2D eigenvalue weighted by Crippen LogP contribution is 2.12. The third-order valence-electron chi connectivity index (χ3n) is 3.48. The van der Waals surface area contributed by atoms with Crippen LogP contribution in [-0.4, -0.2) is 23.0 Å². The topological polar surface area (TPSA) is 28.2 Å². The fourth-order valence-electron chi connectivity index (χ4n) is 2.22. The first-order valence-corrected chi connectivity index (χ1v) is 8.09. The monoisotopic (exact) mass is 289 g/mol. The molecule has 0 fully saturated rings. The van der Waals surface area contributed by atoms with Crippen LogP contribution < -0.4 is 5.32 Å². The van der Waals surface area contributed by atoms with E-state index in [1.54, 1.807) is 11.3 Å². The molecule has 0 aliphatic carbocycles. The van der Waals surface area contributed by atoms with E-state index in [0.717, 1.165) is 37.7 Å². The van der Waals surface area contributed by atoms with Crippen LogP contribution >= 0.6 is 11.3 Å².